The Hall–Kier alpha value is -1.44. The van der Waals surface area contributed by atoms with Gasteiger partial charge in [-0.05, 0) is 31.4 Å². The average molecular weight is 247 g/mol. The highest BCUT2D eigenvalue weighted by Crippen LogP contribution is 2.24. The molecule has 94 valence electrons. The molecule has 2 N–H and O–H groups in total. The molecule has 0 aromatic carbocycles. The second-order valence-corrected chi connectivity index (χ2v) is 4.40. The van der Waals surface area contributed by atoms with Crippen molar-refractivity contribution in [2.45, 2.75) is 25.5 Å². The third-order valence-electron chi connectivity index (χ3n) is 3.17. The van der Waals surface area contributed by atoms with Gasteiger partial charge < -0.3 is 14.8 Å². The number of ether oxygens (including phenoxy) is 1. The molecule has 1 atom stereocenters. The molecule has 0 bridgehead atoms. The maximum atomic E-state index is 9.34. The van der Waals surface area contributed by atoms with Crippen LogP contribution in [-0.4, -0.2) is 38.5 Å². The third-order valence-corrected chi connectivity index (χ3v) is 3.17. The van der Waals surface area contributed by atoms with Gasteiger partial charge in [0, 0.05) is 18.2 Å². The fourth-order valence-corrected chi connectivity index (χ4v) is 2.30. The van der Waals surface area contributed by atoms with E-state index in [0.29, 0.717) is 17.6 Å². The van der Waals surface area contributed by atoms with Gasteiger partial charge in [0.1, 0.15) is 5.59 Å². The molecular formula is C11H14BN3O3. The van der Waals surface area contributed by atoms with Gasteiger partial charge in [0.05, 0.1) is 0 Å². The summed E-state index contributed by atoms with van der Waals surface area (Å²) < 4.78 is 7.32. The van der Waals surface area contributed by atoms with Crippen LogP contribution in [0.3, 0.4) is 0 Å². The predicted molar refractivity (Wildman–Crippen MR) is 66.2 cm³/mol. The van der Waals surface area contributed by atoms with Gasteiger partial charge in [0.2, 0.25) is 0 Å². The predicted octanol–water partition coefficient (Wildman–Crippen LogP) is -0.190. The molecule has 18 heavy (non-hydrogen) atoms. The molecule has 1 aliphatic rings. The number of pyridine rings is 1. The van der Waals surface area contributed by atoms with E-state index in [1.165, 1.54) is 0 Å². The van der Waals surface area contributed by atoms with Gasteiger partial charge in [-0.1, -0.05) is 0 Å². The van der Waals surface area contributed by atoms with Crippen LogP contribution in [0.15, 0.2) is 18.3 Å². The number of rotatable bonds is 2. The molecule has 0 aliphatic carbocycles. The highest BCUT2D eigenvalue weighted by atomic mass is 16.5. The monoisotopic (exact) mass is 247 g/mol. The maximum Gasteiger partial charge on any atom is 0.510 e. The van der Waals surface area contributed by atoms with Gasteiger partial charge >= 0.3 is 7.12 Å². The Morgan fingerprint density at radius 1 is 1.39 bits per heavy atom. The van der Waals surface area contributed by atoms with Gasteiger partial charge in [-0.2, -0.15) is 5.10 Å². The molecule has 3 heterocycles. The zero-order valence-corrected chi connectivity index (χ0v) is 9.86. The van der Waals surface area contributed by atoms with E-state index in [2.05, 4.69) is 10.1 Å². The first-order valence-corrected chi connectivity index (χ1v) is 6.08. The van der Waals surface area contributed by atoms with Crippen molar-refractivity contribution in [2.24, 2.45) is 0 Å². The van der Waals surface area contributed by atoms with Crippen molar-refractivity contribution < 1.29 is 14.8 Å². The van der Waals surface area contributed by atoms with Gasteiger partial charge in [-0.15, -0.1) is 0 Å². The molecule has 1 aliphatic heterocycles. The minimum atomic E-state index is -1.60. The molecule has 2 aromatic rings. The summed E-state index contributed by atoms with van der Waals surface area (Å²) in [5, 5.41) is 23.6. The van der Waals surface area contributed by atoms with Crippen LogP contribution in [0.2, 0.25) is 0 Å². The van der Waals surface area contributed by atoms with Crippen molar-refractivity contribution in [3.8, 4) is 0 Å². The zero-order chi connectivity index (χ0) is 12.5. The first-order chi connectivity index (χ1) is 8.77. The SMILES string of the molecule is OB(O)c1nn(C2CCCCO2)c2ncccc12. The highest BCUT2D eigenvalue weighted by Gasteiger charge is 2.26. The minimum absolute atomic E-state index is 0.163. The highest BCUT2D eigenvalue weighted by molar-refractivity contribution is 6.60. The minimum Gasteiger partial charge on any atom is -0.422 e. The van der Waals surface area contributed by atoms with E-state index in [0.717, 1.165) is 19.3 Å². The Labute approximate surface area is 104 Å². The molecule has 2 aromatic heterocycles. The normalized spacial score (nSPS) is 20.2. The number of hydrogen-bond donors (Lipinski definition) is 2. The summed E-state index contributed by atoms with van der Waals surface area (Å²) in [4.78, 5) is 4.26. The van der Waals surface area contributed by atoms with Crippen molar-refractivity contribution in [3.63, 3.8) is 0 Å². The van der Waals surface area contributed by atoms with E-state index < -0.39 is 7.12 Å². The number of fused-ring (bicyclic) bond motifs is 1. The fraction of sp³-hybridized carbons (Fsp3) is 0.455. The molecule has 1 saturated heterocycles. The van der Waals surface area contributed by atoms with Gasteiger partial charge in [0.25, 0.3) is 0 Å². The lowest BCUT2D eigenvalue weighted by atomic mass is 9.84. The lowest BCUT2D eigenvalue weighted by molar-refractivity contribution is -0.0368. The largest absolute Gasteiger partial charge is 0.510 e. The summed E-state index contributed by atoms with van der Waals surface area (Å²) in [6, 6.07) is 3.53. The standard InChI is InChI=1S/C11H14BN3O3/c16-12(17)10-8-4-3-6-13-11(8)15(14-10)9-5-1-2-7-18-9/h3-4,6,9,16-17H,1-2,5,7H2. The van der Waals surface area contributed by atoms with Crippen LogP contribution in [0.4, 0.5) is 0 Å². The smallest absolute Gasteiger partial charge is 0.422 e. The molecule has 1 unspecified atom stereocenters. The van der Waals surface area contributed by atoms with Crippen molar-refractivity contribution in [2.75, 3.05) is 6.61 Å². The molecule has 0 spiro atoms. The number of aromatic nitrogens is 3. The molecular weight excluding hydrogens is 233 g/mol. The lowest BCUT2D eigenvalue weighted by Gasteiger charge is -2.22. The molecule has 3 rings (SSSR count). The molecule has 6 nitrogen and oxygen atoms in total. The first-order valence-electron chi connectivity index (χ1n) is 6.08. The lowest BCUT2D eigenvalue weighted by Crippen LogP contribution is -2.33. The van der Waals surface area contributed by atoms with E-state index in [1.54, 1.807) is 23.0 Å². The van der Waals surface area contributed by atoms with Crippen molar-refractivity contribution in [3.05, 3.63) is 18.3 Å². The Morgan fingerprint density at radius 3 is 3.00 bits per heavy atom. The maximum absolute atomic E-state index is 9.34. The topological polar surface area (TPSA) is 80.4 Å². The summed E-state index contributed by atoms with van der Waals surface area (Å²) >= 11 is 0. The summed E-state index contributed by atoms with van der Waals surface area (Å²) in [5.74, 6) is 0. The first kappa shape index (κ1) is 11.6. The Kier molecular flexibility index (Phi) is 3.03. The van der Waals surface area contributed by atoms with Gasteiger partial charge in [-0.25, -0.2) is 9.67 Å². The van der Waals surface area contributed by atoms with Crippen molar-refractivity contribution >= 4 is 23.7 Å². The van der Waals surface area contributed by atoms with Gasteiger partial charge in [-0.3, -0.25) is 0 Å². The van der Waals surface area contributed by atoms with E-state index in [-0.39, 0.29) is 11.8 Å². The van der Waals surface area contributed by atoms with Gasteiger partial charge in [0.15, 0.2) is 11.9 Å². The summed E-state index contributed by atoms with van der Waals surface area (Å²) in [6.45, 7) is 0.704. The molecule has 7 heteroatoms. The Morgan fingerprint density at radius 2 is 2.28 bits per heavy atom. The molecule has 0 amide bonds. The quantitative estimate of drug-likeness (QED) is 0.719. The van der Waals surface area contributed by atoms with Crippen molar-refractivity contribution in [1.29, 1.82) is 0 Å². The Bertz CT molecular complexity index is 551. The fourth-order valence-electron chi connectivity index (χ4n) is 2.30. The summed E-state index contributed by atoms with van der Waals surface area (Å²) in [6.07, 6.45) is 4.50. The van der Waals surface area contributed by atoms with E-state index >= 15 is 0 Å². The number of nitrogens with zero attached hydrogens (tertiary/aromatic N) is 3. The molecule has 1 fully saturated rings. The van der Waals surface area contributed by atoms with E-state index in [1.807, 2.05) is 0 Å². The van der Waals surface area contributed by atoms with E-state index in [4.69, 9.17) is 4.74 Å². The summed E-state index contributed by atoms with van der Waals surface area (Å²) in [5.41, 5.74) is 0.861. The van der Waals surface area contributed by atoms with E-state index in [9.17, 15) is 10.0 Å². The van der Waals surface area contributed by atoms with Crippen LogP contribution in [0.25, 0.3) is 11.0 Å². The van der Waals surface area contributed by atoms with Crippen molar-refractivity contribution in [1.82, 2.24) is 14.8 Å². The zero-order valence-electron chi connectivity index (χ0n) is 9.86. The van der Waals surface area contributed by atoms with Crippen LogP contribution in [-0.2, 0) is 4.74 Å². The Balaban J connectivity index is 2.10. The molecule has 0 saturated carbocycles. The molecule has 0 radical (unpaired) electrons. The second kappa shape index (κ2) is 4.68. The third kappa shape index (κ3) is 1.90. The van der Waals surface area contributed by atoms with Crippen LogP contribution < -0.4 is 5.59 Å². The summed E-state index contributed by atoms with van der Waals surface area (Å²) in [7, 11) is -1.60. The number of hydrogen-bond acceptors (Lipinski definition) is 5. The second-order valence-electron chi connectivity index (χ2n) is 4.40. The van der Waals surface area contributed by atoms with Crippen LogP contribution in [0.5, 0.6) is 0 Å². The van der Waals surface area contributed by atoms with Crippen LogP contribution in [0.1, 0.15) is 25.5 Å². The average Bonchev–Trinajstić information content (AvgIpc) is 2.79. The van der Waals surface area contributed by atoms with Crippen LogP contribution in [0, 0.1) is 0 Å². The van der Waals surface area contributed by atoms with Crippen LogP contribution >= 0.6 is 0 Å².